The molecule has 0 saturated carbocycles. The van der Waals surface area contributed by atoms with E-state index in [-0.39, 0.29) is 41.6 Å². The molecule has 1 N–H and O–H groups in total. The fourth-order valence-corrected chi connectivity index (χ4v) is 4.90. The van der Waals surface area contributed by atoms with E-state index in [2.05, 4.69) is 0 Å². The highest BCUT2D eigenvalue weighted by atomic mass is 19.4. The lowest BCUT2D eigenvalue weighted by Gasteiger charge is -2.22. The highest BCUT2D eigenvalue weighted by molar-refractivity contribution is 5.97. The van der Waals surface area contributed by atoms with Crippen LogP contribution in [0, 0.1) is 0 Å². The van der Waals surface area contributed by atoms with Crippen LogP contribution in [0.3, 0.4) is 0 Å². The summed E-state index contributed by atoms with van der Waals surface area (Å²) in [6.45, 7) is 0.760. The summed E-state index contributed by atoms with van der Waals surface area (Å²) in [5.41, 5.74) is -0.000701. The van der Waals surface area contributed by atoms with Gasteiger partial charge in [0.25, 0.3) is 11.5 Å². The van der Waals surface area contributed by atoms with Gasteiger partial charge >= 0.3 is 6.18 Å². The van der Waals surface area contributed by atoms with E-state index in [4.69, 9.17) is 9.47 Å². The number of benzene rings is 2. The van der Waals surface area contributed by atoms with Crippen molar-refractivity contribution in [2.75, 3.05) is 27.3 Å². The summed E-state index contributed by atoms with van der Waals surface area (Å²) >= 11 is 0. The van der Waals surface area contributed by atoms with Crippen molar-refractivity contribution in [2.45, 2.75) is 37.8 Å². The zero-order chi connectivity index (χ0) is 27.4. The molecule has 1 atom stereocenters. The first-order valence-corrected chi connectivity index (χ1v) is 12.2. The van der Waals surface area contributed by atoms with E-state index in [1.807, 2.05) is 30.3 Å². The summed E-state index contributed by atoms with van der Waals surface area (Å²) in [6.07, 6.45) is -5.26. The van der Waals surface area contributed by atoms with Gasteiger partial charge in [-0.05, 0) is 37.0 Å². The van der Waals surface area contributed by atoms with E-state index in [9.17, 15) is 27.9 Å². The molecule has 4 rings (SSSR count). The number of alkyl halides is 3. The van der Waals surface area contributed by atoms with E-state index >= 15 is 0 Å². The fourth-order valence-electron chi connectivity index (χ4n) is 4.90. The van der Waals surface area contributed by atoms with Crippen molar-refractivity contribution in [3.8, 4) is 22.9 Å². The SMILES string of the molecule is COc1cccc(OC)c1-n1c(CCCC(F)(F)F)cc(O)c(C(=O)N2CC[C@@H](c3ccccc3)C2)c1=O. The molecule has 1 aliphatic rings. The third kappa shape index (κ3) is 5.64. The van der Waals surface area contributed by atoms with Gasteiger partial charge in [-0.3, -0.25) is 14.2 Å². The summed E-state index contributed by atoms with van der Waals surface area (Å²) in [7, 11) is 2.76. The topological polar surface area (TPSA) is 81.0 Å². The van der Waals surface area contributed by atoms with Crippen LogP contribution in [-0.4, -0.2) is 54.0 Å². The maximum Gasteiger partial charge on any atom is 0.389 e. The van der Waals surface area contributed by atoms with E-state index in [0.717, 1.165) is 10.1 Å². The van der Waals surface area contributed by atoms with Crippen LogP contribution in [0.25, 0.3) is 5.69 Å². The van der Waals surface area contributed by atoms with Crippen LogP contribution >= 0.6 is 0 Å². The lowest BCUT2D eigenvalue weighted by atomic mass is 9.99. The minimum atomic E-state index is -4.38. The van der Waals surface area contributed by atoms with E-state index in [0.29, 0.717) is 19.5 Å². The summed E-state index contributed by atoms with van der Waals surface area (Å²) in [5, 5.41) is 10.8. The van der Waals surface area contributed by atoms with Gasteiger partial charge in [-0.15, -0.1) is 0 Å². The van der Waals surface area contributed by atoms with Crippen molar-refractivity contribution in [1.29, 1.82) is 0 Å². The zero-order valence-corrected chi connectivity index (χ0v) is 21.1. The number of aromatic hydroxyl groups is 1. The Morgan fingerprint density at radius 3 is 2.32 bits per heavy atom. The van der Waals surface area contributed by atoms with Crippen molar-refractivity contribution in [1.82, 2.24) is 9.47 Å². The Labute approximate surface area is 218 Å². The molecular weight excluding hydrogens is 501 g/mol. The average molecular weight is 531 g/mol. The summed E-state index contributed by atoms with van der Waals surface area (Å²) in [4.78, 5) is 29.0. The van der Waals surface area contributed by atoms with Crippen molar-refractivity contribution >= 4 is 5.91 Å². The lowest BCUT2D eigenvalue weighted by Crippen LogP contribution is -2.36. The normalized spacial score (nSPS) is 15.5. The van der Waals surface area contributed by atoms with E-state index in [1.165, 1.54) is 25.2 Å². The number of aromatic nitrogens is 1. The number of hydrogen-bond acceptors (Lipinski definition) is 5. The van der Waals surface area contributed by atoms with Gasteiger partial charge in [0.15, 0.2) is 0 Å². The number of pyridine rings is 1. The van der Waals surface area contributed by atoms with Gasteiger partial charge in [0.2, 0.25) is 0 Å². The van der Waals surface area contributed by atoms with Crippen LogP contribution in [0.2, 0.25) is 0 Å². The largest absolute Gasteiger partial charge is 0.507 e. The Hall–Kier alpha value is -3.95. The minimum absolute atomic E-state index is 0.0838. The molecule has 0 spiro atoms. The van der Waals surface area contributed by atoms with Gasteiger partial charge in [0.05, 0.1) is 14.2 Å². The molecule has 10 heteroatoms. The molecule has 1 fully saturated rings. The molecule has 0 aliphatic carbocycles. The Kier molecular flexibility index (Phi) is 7.99. The molecule has 1 amide bonds. The fraction of sp³-hybridized carbons (Fsp3) is 0.357. The van der Waals surface area contributed by atoms with Gasteiger partial charge in [-0.2, -0.15) is 13.2 Å². The number of carbonyl (C=O) groups excluding carboxylic acids is 1. The number of nitrogens with zero attached hydrogens (tertiary/aromatic N) is 2. The molecule has 2 aromatic carbocycles. The van der Waals surface area contributed by atoms with Gasteiger partial charge < -0.3 is 19.5 Å². The van der Waals surface area contributed by atoms with Crippen molar-refractivity contribution in [2.24, 2.45) is 0 Å². The number of aryl methyl sites for hydroxylation is 1. The summed E-state index contributed by atoms with van der Waals surface area (Å²) in [6, 6.07) is 15.7. The summed E-state index contributed by atoms with van der Waals surface area (Å²) < 4.78 is 50.6. The molecule has 1 aromatic heterocycles. The lowest BCUT2D eigenvalue weighted by molar-refractivity contribution is -0.135. The highest BCUT2D eigenvalue weighted by Crippen LogP contribution is 2.35. The first-order chi connectivity index (χ1) is 18.1. The monoisotopic (exact) mass is 530 g/mol. The number of rotatable bonds is 8. The molecule has 38 heavy (non-hydrogen) atoms. The Morgan fingerprint density at radius 2 is 1.71 bits per heavy atom. The number of para-hydroxylation sites is 1. The first-order valence-electron chi connectivity index (χ1n) is 12.2. The zero-order valence-electron chi connectivity index (χ0n) is 21.1. The van der Waals surface area contributed by atoms with Crippen LogP contribution < -0.4 is 15.0 Å². The second-order valence-electron chi connectivity index (χ2n) is 9.16. The number of ether oxygens (including phenoxy) is 2. The smallest absolute Gasteiger partial charge is 0.389 e. The Balaban J connectivity index is 1.78. The summed E-state index contributed by atoms with van der Waals surface area (Å²) in [5.74, 6) is -0.693. The number of carbonyl (C=O) groups is 1. The van der Waals surface area contributed by atoms with Crippen molar-refractivity contribution < 1.29 is 32.5 Å². The molecule has 1 aliphatic heterocycles. The number of likely N-dealkylation sites (tertiary alicyclic amines) is 1. The third-order valence-electron chi connectivity index (χ3n) is 6.74. The van der Waals surface area contributed by atoms with Crippen molar-refractivity contribution in [3.05, 3.63) is 81.8 Å². The first kappa shape index (κ1) is 27.1. The number of amides is 1. The van der Waals surface area contributed by atoms with Crippen LogP contribution in [0.1, 0.15) is 46.8 Å². The van der Waals surface area contributed by atoms with Gasteiger partial charge in [-0.25, -0.2) is 0 Å². The molecule has 2 heterocycles. The molecule has 1 saturated heterocycles. The number of hydrogen-bond donors (Lipinski definition) is 1. The van der Waals surface area contributed by atoms with E-state index in [1.54, 1.807) is 18.2 Å². The van der Waals surface area contributed by atoms with Crippen LogP contribution in [0.4, 0.5) is 13.2 Å². The van der Waals surface area contributed by atoms with Gasteiger partial charge in [0.1, 0.15) is 28.5 Å². The molecule has 202 valence electrons. The predicted octanol–water partition coefficient (Wildman–Crippen LogP) is 5.08. The molecule has 0 bridgehead atoms. The predicted molar refractivity (Wildman–Crippen MR) is 136 cm³/mol. The second kappa shape index (κ2) is 11.2. The molecule has 0 radical (unpaired) electrons. The van der Waals surface area contributed by atoms with Gasteiger partial charge in [0, 0.05) is 37.2 Å². The minimum Gasteiger partial charge on any atom is -0.507 e. The second-order valence-corrected chi connectivity index (χ2v) is 9.16. The van der Waals surface area contributed by atoms with Crippen molar-refractivity contribution in [3.63, 3.8) is 0 Å². The molecular formula is C28H29F3N2O5. The maximum absolute atomic E-state index is 13.9. The maximum atomic E-state index is 13.9. The Bertz CT molecular complexity index is 1330. The molecule has 7 nitrogen and oxygen atoms in total. The molecule has 0 unspecified atom stereocenters. The highest BCUT2D eigenvalue weighted by Gasteiger charge is 2.33. The van der Waals surface area contributed by atoms with Crippen LogP contribution in [0.5, 0.6) is 17.2 Å². The van der Waals surface area contributed by atoms with E-state index < -0.39 is 35.4 Å². The van der Waals surface area contributed by atoms with Crippen LogP contribution in [0.15, 0.2) is 59.4 Å². The number of methoxy groups -OCH3 is 2. The standard InChI is InChI=1S/C28H29F3N2O5/c1-37-22-11-6-12-23(38-2)25(22)33-20(10-7-14-28(29,30)31)16-21(34)24(27(33)36)26(35)32-15-13-19(17-32)18-8-4-3-5-9-18/h3-6,8-9,11-12,16,19,34H,7,10,13-15,17H2,1-2H3/t19-/m1/s1. The Morgan fingerprint density at radius 1 is 1.05 bits per heavy atom. The average Bonchev–Trinajstić information content (AvgIpc) is 3.39. The third-order valence-corrected chi connectivity index (χ3v) is 6.74. The quantitative estimate of drug-likeness (QED) is 0.440. The number of halogens is 3. The van der Waals surface area contributed by atoms with Gasteiger partial charge in [-0.1, -0.05) is 36.4 Å². The molecule has 3 aromatic rings. The van der Waals surface area contributed by atoms with Crippen LogP contribution in [-0.2, 0) is 6.42 Å².